The van der Waals surface area contributed by atoms with Gasteiger partial charge < -0.3 is 19.7 Å². The van der Waals surface area contributed by atoms with Crippen LogP contribution in [0.5, 0.6) is 0 Å². The van der Waals surface area contributed by atoms with Gasteiger partial charge in [-0.15, -0.1) is 0 Å². The zero-order chi connectivity index (χ0) is 21.0. The van der Waals surface area contributed by atoms with Crippen molar-refractivity contribution in [3.8, 4) is 0 Å². The molecule has 2 amide bonds. The number of amides is 2. The molecule has 0 aliphatic carbocycles. The van der Waals surface area contributed by atoms with Crippen molar-refractivity contribution < 1.29 is 19.1 Å². The van der Waals surface area contributed by atoms with Gasteiger partial charge in [0, 0.05) is 56.9 Å². The monoisotopic (exact) mass is 414 g/mol. The van der Waals surface area contributed by atoms with Gasteiger partial charge in [-0.3, -0.25) is 14.7 Å². The molecule has 8 nitrogen and oxygen atoms in total. The molecule has 0 spiro atoms. The summed E-state index contributed by atoms with van der Waals surface area (Å²) >= 11 is 0. The molecule has 2 aliphatic heterocycles. The molecule has 1 aromatic heterocycles. The van der Waals surface area contributed by atoms with Crippen molar-refractivity contribution in [2.24, 2.45) is 5.92 Å². The minimum absolute atomic E-state index is 0.00764. The van der Waals surface area contributed by atoms with Crippen molar-refractivity contribution in [3.05, 3.63) is 30.0 Å². The molecule has 0 radical (unpaired) electrons. The highest BCUT2D eigenvalue weighted by Crippen LogP contribution is 2.29. The van der Waals surface area contributed by atoms with Crippen LogP contribution in [0, 0.1) is 5.92 Å². The van der Waals surface area contributed by atoms with E-state index in [4.69, 9.17) is 9.47 Å². The number of likely N-dealkylation sites (tertiary alicyclic amines) is 1. The maximum absolute atomic E-state index is 13.1. The van der Waals surface area contributed by atoms with E-state index in [1.165, 1.54) is 0 Å². The standard InChI is InChI=1S/C22H30N4O4/c1-29-15-10-22(23-20(27)16-6-13-30-14-7-16)8-11-26(12-9-22)21(28)19-17-4-2-3-5-18(17)24-25-19/h2-5,16H,6-15H2,1H3,(H,23,27)(H,24,25). The van der Waals surface area contributed by atoms with Crippen molar-refractivity contribution >= 4 is 22.7 Å². The number of rotatable bonds is 6. The van der Waals surface area contributed by atoms with Gasteiger partial charge in [0.25, 0.3) is 5.91 Å². The molecule has 0 bridgehead atoms. The molecule has 1 aromatic carbocycles. The lowest BCUT2D eigenvalue weighted by Gasteiger charge is -2.43. The van der Waals surface area contributed by atoms with Crippen LogP contribution in [-0.4, -0.2) is 72.5 Å². The highest BCUT2D eigenvalue weighted by Gasteiger charge is 2.39. The van der Waals surface area contributed by atoms with Gasteiger partial charge >= 0.3 is 0 Å². The van der Waals surface area contributed by atoms with Crippen LogP contribution >= 0.6 is 0 Å². The fourth-order valence-electron chi connectivity index (χ4n) is 4.47. The fourth-order valence-corrected chi connectivity index (χ4v) is 4.47. The first-order valence-electron chi connectivity index (χ1n) is 10.7. The third kappa shape index (κ3) is 4.34. The summed E-state index contributed by atoms with van der Waals surface area (Å²) in [5.41, 5.74) is 0.979. The van der Waals surface area contributed by atoms with Crippen LogP contribution in [0.4, 0.5) is 0 Å². The highest BCUT2D eigenvalue weighted by molar-refractivity contribution is 6.04. The van der Waals surface area contributed by atoms with Gasteiger partial charge in [0.2, 0.25) is 5.91 Å². The lowest BCUT2D eigenvalue weighted by Crippen LogP contribution is -2.58. The third-order valence-electron chi connectivity index (χ3n) is 6.45. The first-order valence-corrected chi connectivity index (χ1v) is 10.7. The van der Waals surface area contributed by atoms with Crippen molar-refractivity contribution in [2.45, 2.75) is 37.6 Å². The third-order valence-corrected chi connectivity index (χ3v) is 6.45. The second kappa shape index (κ2) is 9.14. The number of carbonyl (C=O) groups is 2. The number of aromatic nitrogens is 2. The van der Waals surface area contributed by atoms with Gasteiger partial charge in [0.05, 0.1) is 5.52 Å². The predicted molar refractivity (Wildman–Crippen MR) is 112 cm³/mol. The van der Waals surface area contributed by atoms with Gasteiger partial charge in [-0.25, -0.2) is 0 Å². The number of nitrogens with zero attached hydrogens (tertiary/aromatic N) is 2. The summed E-state index contributed by atoms with van der Waals surface area (Å²) in [4.78, 5) is 27.8. The summed E-state index contributed by atoms with van der Waals surface area (Å²) in [6.45, 7) is 3.02. The van der Waals surface area contributed by atoms with Crippen LogP contribution in [0.2, 0.25) is 0 Å². The van der Waals surface area contributed by atoms with Crippen molar-refractivity contribution in [2.75, 3.05) is 40.0 Å². The largest absolute Gasteiger partial charge is 0.385 e. The summed E-state index contributed by atoms with van der Waals surface area (Å²) in [6.07, 6.45) is 3.69. The van der Waals surface area contributed by atoms with E-state index in [2.05, 4.69) is 15.5 Å². The molecule has 30 heavy (non-hydrogen) atoms. The number of fused-ring (bicyclic) bond motifs is 1. The Kier molecular flexibility index (Phi) is 6.34. The Balaban J connectivity index is 1.43. The summed E-state index contributed by atoms with van der Waals surface area (Å²) in [5.74, 6) is 0.0456. The van der Waals surface area contributed by atoms with Crippen molar-refractivity contribution in [3.63, 3.8) is 0 Å². The minimum Gasteiger partial charge on any atom is -0.385 e. The molecular formula is C22H30N4O4. The average molecular weight is 415 g/mol. The van der Waals surface area contributed by atoms with Crippen LogP contribution in [0.15, 0.2) is 24.3 Å². The van der Waals surface area contributed by atoms with Gasteiger partial charge in [0.15, 0.2) is 5.69 Å². The fraction of sp³-hybridized carbons (Fsp3) is 0.591. The zero-order valence-electron chi connectivity index (χ0n) is 17.5. The Morgan fingerprint density at radius 3 is 2.73 bits per heavy atom. The van der Waals surface area contributed by atoms with Crippen LogP contribution in [0.1, 0.15) is 42.6 Å². The first-order chi connectivity index (χ1) is 14.6. The lowest BCUT2D eigenvalue weighted by molar-refractivity contribution is -0.130. The average Bonchev–Trinajstić information content (AvgIpc) is 3.22. The quantitative estimate of drug-likeness (QED) is 0.755. The Morgan fingerprint density at radius 2 is 2.00 bits per heavy atom. The predicted octanol–water partition coefficient (Wildman–Crippen LogP) is 2.12. The Bertz CT molecular complexity index is 882. The summed E-state index contributed by atoms with van der Waals surface area (Å²) < 4.78 is 10.7. The van der Waals surface area contributed by atoms with E-state index < -0.39 is 0 Å². The summed E-state index contributed by atoms with van der Waals surface area (Å²) in [6, 6.07) is 7.65. The zero-order valence-corrected chi connectivity index (χ0v) is 17.5. The number of aromatic amines is 1. The molecule has 8 heteroatoms. The Hall–Kier alpha value is -2.45. The van der Waals surface area contributed by atoms with Gasteiger partial charge in [-0.1, -0.05) is 18.2 Å². The SMILES string of the molecule is COCCC1(NC(=O)C2CCOCC2)CCN(C(=O)c2n[nH]c3ccccc23)CC1. The molecule has 4 rings (SSSR count). The summed E-state index contributed by atoms with van der Waals surface area (Å²) in [7, 11) is 1.68. The van der Waals surface area contributed by atoms with E-state index in [-0.39, 0.29) is 23.3 Å². The molecule has 2 saturated heterocycles. The smallest absolute Gasteiger partial charge is 0.274 e. The molecular weight excluding hydrogens is 384 g/mol. The molecule has 162 valence electrons. The minimum atomic E-state index is -0.337. The number of piperidine rings is 1. The number of hydrogen-bond donors (Lipinski definition) is 2. The number of carbonyl (C=O) groups excluding carboxylic acids is 2. The van der Waals surface area contributed by atoms with E-state index >= 15 is 0 Å². The summed E-state index contributed by atoms with van der Waals surface area (Å²) in [5, 5.41) is 11.3. The van der Waals surface area contributed by atoms with E-state index in [0.717, 1.165) is 30.2 Å². The molecule has 0 saturated carbocycles. The Labute approximate surface area is 176 Å². The molecule has 2 aliphatic rings. The van der Waals surface area contributed by atoms with E-state index in [1.54, 1.807) is 7.11 Å². The number of ether oxygens (including phenoxy) is 2. The van der Waals surface area contributed by atoms with Gasteiger partial charge in [0.1, 0.15) is 0 Å². The molecule has 2 aromatic rings. The molecule has 0 unspecified atom stereocenters. The van der Waals surface area contributed by atoms with Crippen molar-refractivity contribution in [1.82, 2.24) is 20.4 Å². The van der Waals surface area contributed by atoms with E-state index in [0.29, 0.717) is 51.4 Å². The van der Waals surface area contributed by atoms with Gasteiger partial charge in [-0.2, -0.15) is 5.10 Å². The maximum atomic E-state index is 13.1. The molecule has 3 heterocycles. The molecule has 2 N–H and O–H groups in total. The highest BCUT2D eigenvalue weighted by atomic mass is 16.5. The number of hydrogen-bond acceptors (Lipinski definition) is 5. The normalized spacial score (nSPS) is 19.7. The van der Waals surface area contributed by atoms with Crippen LogP contribution in [-0.2, 0) is 14.3 Å². The first kappa shape index (κ1) is 20.8. The maximum Gasteiger partial charge on any atom is 0.274 e. The van der Waals surface area contributed by atoms with Crippen molar-refractivity contribution in [1.29, 1.82) is 0 Å². The molecule has 0 atom stereocenters. The van der Waals surface area contributed by atoms with Crippen LogP contribution in [0.25, 0.3) is 10.9 Å². The lowest BCUT2D eigenvalue weighted by atomic mass is 9.83. The number of para-hydroxylation sites is 1. The van der Waals surface area contributed by atoms with E-state index in [1.807, 2.05) is 29.2 Å². The Morgan fingerprint density at radius 1 is 1.27 bits per heavy atom. The second-order valence-corrected chi connectivity index (χ2v) is 8.31. The molecule has 2 fully saturated rings. The van der Waals surface area contributed by atoms with Gasteiger partial charge in [-0.05, 0) is 38.2 Å². The number of H-pyrrole nitrogens is 1. The number of methoxy groups -OCH3 is 1. The second-order valence-electron chi connectivity index (χ2n) is 8.31. The number of benzene rings is 1. The van der Waals surface area contributed by atoms with Crippen LogP contribution < -0.4 is 5.32 Å². The van der Waals surface area contributed by atoms with E-state index in [9.17, 15) is 9.59 Å². The number of nitrogens with one attached hydrogen (secondary N) is 2. The topological polar surface area (TPSA) is 96.6 Å². The van der Waals surface area contributed by atoms with Crippen LogP contribution in [0.3, 0.4) is 0 Å².